The molecule has 0 atom stereocenters. The van der Waals surface area contributed by atoms with Crippen molar-refractivity contribution in [3.05, 3.63) is 5.89 Å². The Morgan fingerprint density at radius 3 is 2.27 bits per heavy atom. The Morgan fingerprint density at radius 2 is 1.73 bits per heavy atom. The summed E-state index contributed by atoms with van der Waals surface area (Å²) in [4.78, 5) is 1.97. The van der Waals surface area contributed by atoms with Crippen molar-refractivity contribution in [2.45, 2.75) is 50.7 Å². The SMILES string of the molecule is CC(C)c1nnc(N2CCN(S(=O)(=O)C3CCCC3)CC2)o1. The van der Waals surface area contributed by atoms with Crippen molar-refractivity contribution in [1.82, 2.24) is 14.5 Å². The van der Waals surface area contributed by atoms with Gasteiger partial charge in [-0.2, -0.15) is 4.31 Å². The number of piperazine rings is 1. The van der Waals surface area contributed by atoms with E-state index in [0.717, 1.165) is 25.7 Å². The van der Waals surface area contributed by atoms with Crippen molar-refractivity contribution in [1.29, 1.82) is 0 Å². The third-order valence-electron chi connectivity index (χ3n) is 4.52. The van der Waals surface area contributed by atoms with Crippen LogP contribution in [-0.2, 0) is 10.0 Å². The van der Waals surface area contributed by atoms with Crippen LogP contribution in [0.2, 0.25) is 0 Å². The first-order valence-corrected chi connectivity index (χ1v) is 9.56. The van der Waals surface area contributed by atoms with Gasteiger partial charge in [-0.1, -0.05) is 31.8 Å². The van der Waals surface area contributed by atoms with Crippen LogP contribution in [0.5, 0.6) is 0 Å². The summed E-state index contributed by atoms with van der Waals surface area (Å²) >= 11 is 0. The molecule has 2 fully saturated rings. The standard InChI is InChI=1S/C14H24N4O3S/c1-11(2)13-15-16-14(21-13)17-7-9-18(10-8-17)22(19,20)12-5-3-4-6-12/h11-12H,3-10H2,1-2H3. The Bertz CT molecular complexity index is 599. The fourth-order valence-corrected chi connectivity index (χ4v) is 5.14. The molecule has 1 aliphatic heterocycles. The summed E-state index contributed by atoms with van der Waals surface area (Å²) in [5, 5.41) is 7.93. The molecule has 124 valence electrons. The Hall–Kier alpha value is -1.15. The minimum Gasteiger partial charge on any atom is -0.408 e. The molecule has 0 radical (unpaired) electrons. The second kappa shape index (κ2) is 6.16. The lowest BCUT2D eigenvalue weighted by molar-refractivity contribution is 0.362. The van der Waals surface area contributed by atoms with Gasteiger partial charge in [0, 0.05) is 32.1 Å². The Kier molecular flexibility index (Phi) is 4.40. The number of hydrogen-bond donors (Lipinski definition) is 0. The van der Waals surface area contributed by atoms with Gasteiger partial charge in [-0.3, -0.25) is 0 Å². The first-order valence-electron chi connectivity index (χ1n) is 8.06. The van der Waals surface area contributed by atoms with Crippen LogP contribution >= 0.6 is 0 Å². The van der Waals surface area contributed by atoms with E-state index < -0.39 is 10.0 Å². The molecular formula is C14H24N4O3S. The highest BCUT2D eigenvalue weighted by atomic mass is 32.2. The van der Waals surface area contributed by atoms with Crippen LogP contribution in [0.1, 0.15) is 51.3 Å². The molecule has 8 heteroatoms. The third-order valence-corrected chi connectivity index (χ3v) is 6.92. The molecule has 1 aliphatic carbocycles. The average molecular weight is 328 g/mol. The molecule has 1 aromatic rings. The number of nitrogens with zero attached hydrogens (tertiary/aromatic N) is 4. The molecule has 2 aliphatic rings. The molecule has 0 N–H and O–H groups in total. The highest BCUT2D eigenvalue weighted by Gasteiger charge is 2.36. The fraction of sp³-hybridized carbons (Fsp3) is 0.857. The van der Waals surface area contributed by atoms with E-state index in [0.29, 0.717) is 38.1 Å². The largest absolute Gasteiger partial charge is 0.408 e. The maximum absolute atomic E-state index is 12.6. The summed E-state index contributed by atoms with van der Waals surface area (Å²) in [6.45, 7) is 6.21. The van der Waals surface area contributed by atoms with Crippen LogP contribution in [0, 0.1) is 0 Å². The van der Waals surface area contributed by atoms with Crippen LogP contribution in [0.3, 0.4) is 0 Å². The molecule has 7 nitrogen and oxygen atoms in total. The summed E-state index contributed by atoms with van der Waals surface area (Å²) in [6, 6.07) is 0.501. The molecule has 2 heterocycles. The van der Waals surface area contributed by atoms with Crippen molar-refractivity contribution in [3.8, 4) is 0 Å². The lowest BCUT2D eigenvalue weighted by atomic mass is 10.2. The molecule has 1 saturated heterocycles. The number of sulfonamides is 1. The van der Waals surface area contributed by atoms with Crippen molar-refractivity contribution >= 4 is 16.0 Å². The van der Waals surface area contributed by atoms with Gasteiger partial charge in [-0.25, -0.2) is 8.42 Å². The minimum absolute atomic E-state index is 0.171. The second-order valence-corrected chi connectivity index (χ2v) is 8.63. The Labute approximate surface area is 131 Å². The molecule has 0 bridgehead atoms. The molecule has 0 unspecified atom stereocenters. The predicted molar refractivity (Wildman–Crippen MR) is 83.3 cm³/mol. The molecule has 3 rings (SSSR count). The summed E-state index contributed by atoms with van der Waals surface area (Å²) < 4.78 is 32.4. The molecule has 0 aromatic carbocycles. The Balaban J connectivity index is 1.62. The fourth-order valence-electron chi connectivity index (χ4n) is 3.12. The third kappa shape index (κ3) is 2.99. The summed E-state index contributed by atoms with van der Waals surface area (Å²) in [6.07, 6.45) is 3.68. The zero-order valence-electron chi connectivity index (χ0n) is 13.2. The highest BCUT2D eigenvalue weighted by molar-refractivity contribution is 7.89. The van der Waals surface area contributed by atoms with Crippen molar-refractivity contribution in [2.24, 2.45) is 0 Å². The molecular weight excluding hydrogens is 304 g/mol. The van der Waals surface area contributed by atoms with E-state index in [1.54, 1.807) is 4.31 Å². The quantitative estimate of drug-likeness (QED) is 0.835. The first-order chi connectivity index (χ1) is 10.5. The van der Waals surface area contributed by atoms with Crippen LogP contribution in [0.25, 0.3) is 0 Å². The zero-order chi connectivity index (χ0) is 15.7. The zero-order valence-corrected chi connectivity index (χ0v) is 14.0. The number of hydrogen-bond acceptors (Lipinski definition) is 6. The van der Waals surface area contributed by atoms with Gasteiger partial charge in [0.2, 0.25) is 15.9 Å². The van der Waals surface area contributed by atoms with Crippen LogP contribution in [0.15, 0.2) is 4.42 Å². The van der Waals surface area contributed by atoms with Gasteiger partial charge < -0.3 is 9.32 Å². The molecule has 1 saturated carbocycles. The van der Waals surface area contributed by atoms with Crippen LogP contribution in [0.4, 0.5) is 6.01 Å². The summed E-state index contributed by atoms with van der Waals surface area (Å²) in [5.74, 6) is 0.821. The van der Waals surface area contributed by atoms with Gasteiger partial charge in [0.15, 0.2) is 0 Å². The topological polar surface area (TPSA) is 79.5 Å². The van der Waals surface area contributed by atoms with Gasteiger partial charge in [-0.05, 0) is 12.8 Å². The van der Waals surface area contributed by atoms with E-state index >= 15 is 0 Å². The van der Waals surface area contributed by atoms with Gasteiger partial charge in [0.1, 0.15) is 0 Å². The van der Waals surface area contributed by atoms with Gasteiger partial charge in [0.05, 0.1) is 5.25 Å². The number of anilines is 1. The van der Waals surface area contributed by atoms with E-state index in [-0.39, 0.29) is 11.2 Å². The van der Waals surface area contributed by atoms with Crippen LogP contribution in [-0.4, -0.2) is 54.3 Å². The molecule has 22 heavy (non-hydrogen) atoms. The summed E-state index contributed by atoms with van der Waals surface area (Å²) in [7, 11) is -3.14. The number of aromatic nitrogens is 2. The van der Waals surface area contributed by atoms with Gasteiger partial charge in [0.25, 0.3) is 0 Å². The first kappa shape index (κ1) is 15.7. The predicted octanol–water partition coefficient (Wildman–Crippen LogP) is 1.59. The van der Waals surface area contributed by atoms with Gasteiger partial charge in [-0.15, -0.1) is 5.10 Å². The van der Waals surface area contributed by atoms with E-state index in [1.807, 2.05) is 18.7 Å². The Morgan fingerprint density at radius 1 is 1.09 bits per heavy atom. The average Bonchev–Trinajstić information content (AvgIpc) is 3.19. The van der Waals surface area contributed by atoms with Crippen molar-refractivity contribution < 1.29 is 12.8 Å². The van der Waals surface area contributed by atoms with E-state index in [4.69, 9.17) is 4.42 Å². The van der Waals surface area contributed by atoms with Crippen molar-refractivity contribution in [3.63, 3.8) is 0 Å². The smallest absolute Gasteiger partial charge is 0.318 e. The number of rotatable bonds is 4. The maximum atomic E-state index is 12.6. The normalized spacial score (nSPS) is 21.9. The van der Waals surface area contributed by atoms with E-state index in [2.05, 4.69) is 10.2 Å². The second-order valence-electron chi connectivity index (χ2n) is 6.42. The highest BCUT2D eigenvalue weighted by Crippen LogP contribution is 2.28. The lowest BCUT2D eigenvalue weighted by Gasteiger charge is -2.34. The molecule has 0 amide bonds. The van der Waals surface area contributed by atoms with E-state index in [9.17, 15) is 8.42 Å². The molecule has 1 aromatic heterocycles. The van der Waals surface area contributed by atoms with Gasteiger partial charge >= 0.3 is 6.01 Å². The molecule has 0 spiro atoms. The van der Waals surface area contributed by atoms with Crippen LogP contribution < -0.4 is 4.90 Å². The summed E-state index contributed by atoms with van der Waals surface area (Å²) in [5.41, 5.74) is 0. The maximum Gasteiger partial charge on any atom is 0.318 e. The van der Waals surface area contributed by atoms with E-state index in [1.165, 1.54) is 0 Å². The monoisotopic (exact) mass is 328 g/mol. The lowest BCUT2D eigenvalue weighted by Crippen LogP contribution is -2.51. The minimum atomic E-state index is -3.14. The van der Waals surface area contributed by atoms with Crippen molar-refractivity contribution in [2.75, 3.05) is 31.1 Å².